The first-order chi connectivity index (χ1) is 13.2. The summed E-state index contributed by atoms with van der Waals surface area (Å²) in [7, 11) is 0. The van der Waals surface area contributed by atoms with Crippen LogP contribution < -0.4 is 10.2 Å². The molecule has 6 heteroatoms. The highest BCUT2D eigenvalue weighted by atomic mass is 16.2. The molecule has 140 valence electrons. The summed E-state index contributed by atoms with van der Waals surface area (Å²) in [5.41, 5.74) is 3.22. The van der Waals surface area contributed by atoms with Crippen molar-refractivity contribution in [1.29, 1.82) is 0 Å². The average molecular weight is 363 g/mol. The number of nitrogens with one attached hydrogen (secondary N) is 1. The summed E-state index contributed by atoms with van der Waals surface area (Å²) in [6, 6.07) is 11.0. The molecular formula is C21H25N5O. The second kappa shape index (κ2) is 6.60. The molecule has 4 aliphatic rings. The molecule has 3 saturated heterocycles. The number of piperazine rings is 1. The number of aryl methyl sites for hydroxylation is 1. The van der Waals surface area contributed by atoms with Crippen molar-refractivity contribution in [1.82, 2.24) is 14.9 Å². The van der Waals surface area contributed by atoms with Crippen LogP contribution in [0.15, 0.2) is 36.7 Å². The quantitative estimate of drug-likeness (QED) is 0.885. The van der Waals surface area contributed by atoms with Gasteiger partial charge in [0.15, 0.2) is 0 Å². The van der Waals surface area contributed by atoms with Crippen molar-refractivity contribution >= 4 is 17.4 Å². The van der Waals surface area contributed by atoms with Crippen LogP contribution in [0.25, 0.3) is 0 Å². The van der Waals surface area contributed by atoms with E-state index in [2.05, 4.69) is 31.2 Å². The molecule has 1 amide bonds. The Kier molecular flexibility index (Phi) is 4.08. The number of fused-ring (bicyclic) bond motifs is 2. The van der Waals surface area contributed by atoms with E-state index in [-0.39, 0.29) is 5.91 Å². The van der Waals surface area contributed by atoms with E-state index in [0.717, 1.165) is 30.2 Å². The fourth-order valence-corrected chi connectivity index (χ4v) is 4.36. The van der Waals surface area contributed by atoms with Gasteiger partial charge in [0.2, 0.25) is 5.91 Å². The number of nitrogens with zero attached hydrogens (tertiary/aromatic N) is 4. The maximum absolute atomic E-state index is 12.4. The van der Waals surface area contributed by atoms with Gasteiger partial charge in [-0.1, -0.05) is 12.1 Å². The molecule has 4 fully saturated rings. The number of amides is 1. The van der Waals surface area contributed by atoms with Crippen molar-refractivity contribution in [3.63, 3.8) is 0 Å². The molecule has 1 aliphatic carbocycles. The van der Waals surface area contributed by atoms with Gasteiger partial charge in [0.1, 0.15) is 12.1 Å². The summed E-state index contributed by atoms with van der Waals surface area (Å²) in [5, 5.41) is 3.03. The first kappa shape index (κ1) is 16.7. The van der Waals surface area contributed by atoms with Gasteiger partial charge in [-0.25, -0.2) is 9.97 Å². The lowest BCUT2D eigenvalue weighted by Crippen LogP contribution is -2.69. The van der Waals surface area contributed by atoms with E-state index in [0.29, 0.717) is 24.5 Å². The Morgan fingerprint density at radius 2 is 2.00 bits per heavy atom. The molecule has 2 aromatic rings. The summed E-state index contributed by atoms with van der Waals surface area (Å²) in [6.07, 6.45) is 5.39. The second-order valence-corrected chi connectivity index (χ2v) is 8.11. The van der Waals surface area contributed by atoms with Gasteiger partial charge in [-0.3, -0.25) is 9.69 Å². The zero-order chi connectivity index (χ0) is 18.4. The van der Waals surface area contributed by atoms with Crippen LogP contribution in [0, 0.1) is 6.92 Å². The maximum Gasteiger partial charge on any atom is 0.238 e. The van der Waals surface area contributed by atoms with E-state index in [4.69, 9.17) is 0 Å². The van der Waals surface area contributed by atoms with Crippen LogP contribution in [-0.2, 0) is 4.79 Å². The summed E-state index contributed by atoms with van der Waals surface area (Å²) >= 11 is 0. The van der Waals surface area contributed by atoms with Crippen molar-refractivity contribution in [3.8, 4) is 0 Å². The normalized spacial score (nSPS) is 24.4. The molecule has 2 unspecified atom stereocenters. The molecule has 2 atom stereocenters. The SMILES string of the molecule is Cc1cccc(NC(=O)CN2C3CC2CN(c2cc(C4CC4)ncn2)C3)c1. The minimum Gasteiger partial charge on any atom is -0.353 e. The fourth-order valence-electron chi connectivity index (χ4n) is 4.36. The minimum atomic E-state index is 0.0711. The van der Waals surface area contributed by atoms with Gasteiger partial charge in [-0.15, -0.1) is 0 Å². The van der Waals surface area contributed by atoms with E-state index >= 15 is 0 Å². The van der Waals surface area contributed by atoms with Gasteiger partial charge in [0.05, 0.1) is 6.54 Å². The number of hydrogen-bond acceptors (Lipinski definition) is 5. The molecule has 1 aromatic carbocycles. The highest BCUT2D eigenvalue weighted by Gasteiger charge is 2.45. The van der Waals surface area contributed by atoms with E-state index in [1.165, 1.54) is 25.0 Å². The molecule has 4 heterocycles. The molecule has 2 bridgehead atoms. The Hall–Kier alpha value is -2.47. The zero-order valence-electron chi connectivity index (χ0n) is 15.6. The first-order valence-corrected chi connectivity index (χ1v) is 9.85. The third-order valence-corrected chi connectivity index (χ3v) is 5.97. The molecule has 0 radical (unpaired) electrons. The maximum atomic E-state index is 12.4. The minimum absolute atomic E-state index is 0.0711. The van der Waals surface area contributed by atoms with Crippen molar-refractivity contribution in [3.05, 3.63) is 47.9 Å². The van der Waals surface area contributed by atoms with Gasteiger partial charge in [0.25, 0.3) is 0 Å². The topological polar surface area (TPSA) is 61.4 Å². The Morgan fingerprint density at radius 1 is 1.19 bits per heavy atom. The summed E-state index contributed by atoms with van der Waals surface area (Å²) in [6.45, 7) is 4.38. The van der Waals surface area contributed by atoms with Crippen molar-refractivity contribution in [2.24, 2.45) is 0 Å². The number of rotatable bonds is 5. The van der Waals surface area contributed by atoms with Crippen LogP contribution in [0.4, 0.5) is 11.5 Å². The number of carbonyl (C=O) groups excluding carboxylic acids is 1. The highest BCUT2D eigenvalue weighted by Crippen LogP contribution is 2.40. The highest BCUT2D eigenvalue weighted by molar-refractivity contribution is 5.92. The molecule has 6 nitrogen and oxygen atoms in total. The van der Waals surface area contributed by atoms with Crippen LogP contribution in [0.1, 0.15) is 36.4 Å². The molecule has 6 rings (SSSR count). The second-order valence-electron chi connectivity index (χ2n) is 8.11. The largest absolute Gasteiger partial charge is 0.353 e. The molecular weight excluding hydrogens is 338 g/mol. The number of benzene rings is 1. The summed E-state index contributed by atoms with van der Waals surface area (Å²) in [4.78, 5) is 26.1. The van der Waals surface area contributed by atoms with Crippen LogP contribution in [0.5, 0.6) is 0 Å². The number of aromatic nitrogens is 2. The van der Waals surface area contributed by atoms with E-state index in [1.807, 2.05) is 31.2 Å². The molecule has 1 aromatic heterocycles. The molecule has 27 heavy (non-hydrogen) atoms. The Bertz CT molecular complexity index is 853. The van der Waals surface area contributed by atoms with Gasteiger partial charge in [-0.05, 0) is 43.9 Å². The lowest BCUT2D eigenvalue weighted by atomic mass is 9.87. The third kappa shape index (κ3) is 3.41. The lowest BCUT2D eigenvalue weighted by molar-refractivity contribution is -0.121. The van der Waals surface area contributed by atoms with Crippen molar-refractivity contribution < 1.29 is 4.79 Å². The molecule has 1 N–H and O–H groups in total. The van der Waals surface area contributed by atoms with Crippen molar-refractivity contribution in [2.75, 3.05) is 29.9 Å². The molecule has 1 saturated carbocycles. The lowest BCUT2D eigenvalue weighted by Gasteiger charge is -2.56. The van der Waals surface area contributed by atoms with E-state index in [1.54, 1.807) is 6.33 Å². The van der Waals surface area contributed by atoms with E-state index < -0.39 is 0 Å². The summed E-state index contributed by atoms with van der Waals surface area (Å²) in [5.74, 6) is 1.76. The number of carbonyl (C=O) groups is 1. The number of piperidine rings is 1. The van der Waals surface area contributed by atoms with Gasteiger partial charge in [-0.2, -0.15) is 0 Å². The Balaban J connectivity index is 1.19. The average Bonchev–Trinajstić information content (AvgIpc) is 3.52. The van der Waals surface area contributed by atoms with Gasteiger partial charge < -0.3 is 10.2 Å². The first-order valence-electron chi connectivity index (χ1n) is 9.85. The van der Waals surface area contributed by atoms with Crippen LogP contribution in [0.3, 0.4) is 0 Å². The zero-order valence-corrected chi connectivity index (χ0v) is 15.6. The standard InChI is InChI=1S/C21H25N5O/c1-14-3-2-4-16(7-14)24-21(27)12-26-17-8-18(26)11-25(10-17)20-9-19(15-5-6-15)22-13-23-20/h2-4,7,9,13,15,17-18H,5-6,8,10-12H2,1H3,(H,24,27). The van der Waals surface area contributed by atoms with Crippen LogP contribution in [0.2, 0.25) is 0 Å². The van der Waals surface area contributed by atoms with Crippen molar-refractivity contribution in [2.45, 2.75) is 44.2 Å². The van der Waals surface area contributed by atoms with Crippen LogP contribution in [-0.4, -0.2) is 52.5 Å². The van der Waals surface area contributed by atoms with Gasteiger partial charge in [0, 0.05) is 48.5 Å². The Labute approximate surface area is 159 Å². The number of hydrogen-bond donors (Lipinski definition) is 1. The summed E-state index contributed by atoms with van der Waals surface area (Å²) < 4.78 is 0. The monoisotopic (exact) mass is 363 g/mol. The third-order valence-electron chi connectivity index (χ3n) is 5.97. The van der Waals surface area contributed by atoms with Crippen LogP contribution >= 0.6 is 0 Å². The molecule has 3 aliphatic heterocycles. The fraction of sp³-hybridized carbons (Fsp3) is 0.476. The predicted molar refractivity (Wildman–Crippen MR) is 105 cm³/mol. The Morgan fingerprint density at radius 3 is 2.74 bits per heavy atom. The molecule has 0 spiro atoms. The number of anilines is 2. The smallest absolute Gasteiger partial charge is 0.238 e. The predicted octanol–water partition coefficient (Wildman–Crippen LogP) is 2.56. The van der Waals surface area contributed by atoms with E-state index in [9.17, 15) is 4.79 Å². The van der Waals surface area contributed by atoms with Gasteiger partial charge >= 0.3 is 0 Å².